The van der Waals surface area contributed by atoms with Gasteiger partial charge < -0.3 is 10.6 Å². The lowest BCUT2D eigenvalue weighted by molar-refractivity contribution is -0.125. The summed E-state index contributed by atoms with van der Waals surface area (Å²) in [6.45, 7) is 3.27. The molecule has 3 aliphatic rings. The lowest BCUT2D eigenvalue weighted by atomic mass is 9.85. The molecule has 0 aliphatic heterocycles. The van der Waals surface area contributed by atoms with E-state index in [0.717, 1.165) is 42.7 Å². The van der Waals surface area contributed by atoms with Crippen molar-refractivity contribution < 1.29 is 14.4 Å². The zero-order chi connectivity index (χ0) is 19.0. The molecule has 3 aliphatic carbocycles. The first-order valence-corrected chi connectivity index (χ1v) is 11.1. The molecule has 0 spiro atoms. The SMILES string of the molecule is CCNC(=O)C1CCc2sc(CC(=O)C3CC3)c(C(=O)NCC3CC3)c2C1. The lowest BCUT2D eigenvalue weighted by Crippen LogP contribution is -2.34. The van der Waals surface area contributed by atoms with Gasteiger partial charge in [-0.2, -0.15) is 0 Å². The van der Waals surface area contributed by atoms with Gasteiger partial charge >= 0.3 is 0 Å². The number of amides is 2. The van der Waals surface area contributed by atoms with Gasteiger partial charge in [-0.1, -0.05) is 0 Å². The van der Waals surface area contributed by atoms with Crippen LogP contribution in [0.2, 0.25) is 0 Å². The molecule has 2 fully saturated rings. The fourth-order valence-electron chi connectivity index (χ4n) is 3.93. The minimum absolute atomic E-state index is 0.0467. The largest absolute Gasteiger partial charge is 0.356 e. The minimum Gasteiger partial charge on any atom is -0.356 e. The summed E-state index contributed by atoms with van der Waals surface area (Å²) in [7, 11) is 0. The van der Waals surface area contributed by atoms with Crippen LogP contribution in [0.3, 0.4) is 0 Å². The maximum Gasteiger partial charge on any atom is 0.252 e. The number of rotatable bonds is 8. The standard InChI is InChI=1S/C21H28N2O3S/c1-2-22-20(25)14-7-8-17-15(9-14)19(21(26)23-11-12-3-4-12)18(27-17)10-16(24)13-5-6-13/h12-14H,2-11H2,1H3,(H,22,25)(H,23,26). The van der Waals surface area contributed by atoms with Crippen molar-refractivity contribution in [2.45, 2.75) is 58.3 Å². The third kappa shape index (κ3) is 4.26. The van der Waals surface area contributed by atoms with E-state index in [-0.39, 0.29) is 29.4 Å². The second-order valence-electron chi connectivity index (χ2n) is 8.21. The zero-order valence-corrected chi connectivity index (χ0v) is 16.8. The topological polar surface area (TPSA) is 75.3 Å². The number of carbonyl (C=O) groups is 3. The Balaban J connectivity index is 1.58. The molecule has 146 valence electrons. The van der Waals surface area contributed by atoms with E-state index in [0.29, 0.717) is 30.9 Å². The summed E-state index contributed by atoms with van der Waals surface area (Å²) in [6, 6.07) is 0. The number of hydrogen-bond donors (Lipinski definition) is 2. The molecule has 27 heavy (non-hydrogen) atoms. The zero-order valence-electron chi connectivity index (χ0n) is 15.9. The Labute approximate surface area is 164 Å². The third-order valence-electron chi connectivity index (χ3n) is 5.90. The Morgan fingerprint density at radius 1 is 1.04 bits per heavy atom. The number of nitrogens with one attached hydrogen (secondary N) is 2. The third-order valence-corrected chi connectivity index (χ3v) is 7.19. The fourth-order valence-corrected chi connectivity index (χ4v) is 5.28. The first-order chi connectivity index (χ1) is 13.1. The summed E-state index contributed by atoms with van der Waals surface area (Å²) in [5.74, 6) is 1.04. The van der Waals surface area contributed by atoms with Gasteiger partial charge in [0.2, 0.25) is 5.91 Å². The molecule has 4 rings (SSSR count). The summed E-state index contributed by atoms with van der Waals surface area (Å²) in [5.41, 5.74) is 1.73. The smallest absolute Gasteiger partial charge is 0.252 e. The van der Waals surface area contributed by atoms with Crippen LogP contribution in [0.4, 0.5) is 0 Å². The van der Waals surface area contributed by atoms with Crippen molar-refractivity contribution in [2.75, 3.05) is 13.1 Å². The van der Waals surface area contributed by atoms with E-state index in [1.807, 2.05) is 6.92 Å². The number of ketones is 1. The highest BCUT2D eigenvalue weighted by atomic mass is 32.1. The highest BCUT2D eigenvalue weighted by Gasteiger charge is 2.35. The fraction of sp³-hybridized carbons (Fsp3) is 0.667. The highest BCUT2D eigenvalue weighted by Crippen LogP contribution is 2.39. The minimum atomic E-state index is -0.0750. The molecule has 0 saturated heterocycles. The molecule has 0 aromatic carbocycles. The number of thiophene rings is 1. The summed E-state index contributed by atoms with van der Waals surface area (Å²) < 4.78 is 0. The molecule has 2 amide bonds. The number of Topliss-reactive ketones (excluding diaryl/α,β-unsaturated/α-hetero) is 1. The van der Waals surface area contributed by atoms with Crippen LogP contribution < -0.4 is 10.6 Å². The van der Waals surface area contributed by atoms with E-state index in [9.17, 15) is 14.4 Å². The maximum atomic E-state index is 13.0. The van der Waals surface area contributed by atoms with E-state index >= 15 is 0 Å². The van der Waals surface area contributed by atoms with Crippen molar-refractivity contribution in [3.8, 4) is 0 Å². The Morgan fingerprint density at radius 2 is 1.81 bits per heavy atom. The van der Waals surface area contributed by atoms with Crippen LogP contribution >= 0.6 is 11.3 Å². The number of fused-ring (bicyclic) bond motifs is 1. The maximum absolute atomic E-state index is 13.0. The Hall–Kier alpha value is -1.69. The lowest BCUT2D eigenvalue weighted by Gasteiger charge is -2.22. The van der Waals surface area contributed by atoms with Gasteiger partial charge in [0.15, 0.2) is 0 Å². The van der Waals surface area contributed by atoms with E-state index in [4.69, 9.17) is 0 Å². The number of aryl methyl sites for hydroxylation is 1. The van der Waals surface area contributed by atoms with Gasteiger partial charge in [-0.3, -0.25) is 14.4 Å². The number of carbonyl (C=O) groups excluding carboxylic acids is 3. The summed E-state index contributed by atoms with van der Waals surface area (Å²) in [4.78, 5) is 39.8. The summed E-state index contributed by atoms with van der Waals surface area (Å²) >= 11 is 1.63. The van der Waals surface area contributed by atoms with E-state index in [2.05, 4.69) is 10.6 Å². The van der Waals surface area contributed by atoms with Gasteiger partial charge in [-0.05, 0) is 63.4 Å². The molecular formula is C21H28N2O3S. The van der Waals surface area contributed by atoms with Crippen LogP contribution in [-0.4, -0.2) is 30.7 Å². The summed E-state index contributed by atoms with van der Waals surface area (Å²) in [5, 5.41) is 6.00. The first kappa shape index (κ1) is 18.7. The normalized spacial score (nSPS) is 21.4. The van der Waals surface area contributed by atoms with E-state index in [1.54, 1.807) is 11.3 Å². The highest BCUT2D eigenvalue weighted by molar-refractivity contribution is 7.12. The van der Waals surface area contributed by atoms with Gasteiger partial charge in [0.05, 0.1) is 5.56 Å². The molecule has 5 nitrogen and oxygen atoms in total. The molecule has 1 aromatic rings. The van der Waals surface area contributed by atoms with Gasteiger partial charge in [-0.15, -0.1) is 11.3 Å². The Kier molecular flexibility index (Phi) is 5.35. The molecule has 0 radical (unpaired) electrons. The van der Waals surface area contributed by atoms with E-state index in [1.165, 1.54) is 17.7 Å². The average Bonchev–Trinajstić information content (AvgIpc) is 3.55. The van der Waals surface area contributed by atoms with Crippen molar-refractivity contribution >= 4 is 28.9 Å². The van der Waals surface area contributed by atoms with Crippen LogP contribution in [0.15, 0.2) is 0 Å². The Bertz CT molecular complexity index is 762. The van der Waals surface area contributed by atoms with Crippen LogP contribution in [0, 0.1) is 17.8 Å². The van der Waals surface area contributed by atoms with Gasteiger partial charge in [-0.25, -0.2) is 0 Å². The van der Waals surface area contributed by atoms with Crippen molar-refractivity contribution in [1.82, 2.24) is 10.6 Å². The molecule has 0 bridgehead atoms. The average molecular weight is 389 g/mol. The molecule has 1 unspecified atom stereocenters. The molecule has 1 heterocycles. The van der Waals surface area contributed by atoms with Gasteiger partial charge in [0.1, 0.15) is 5.78 Å². The van der Waals surface area contributed by atoms with Gasteiger partial charge in [0, 0.05) is 41.1 Å². The van der Waals surface area contributed by atoms with Crippen LogP contribution in [0.1, 0.15) is 64.7 Å². The number of hydrogen-bond acceptors (Lipinski definition) is 4. The van der Waals surface area contributed by atoms with Crippen molar-refractivity contribution in [3.05, 3.63) is 20.9 Å². The first-order valence-electron chi connectivity index (χ1n) is 10.3. The van der Waals surface area contributed by atoms with Gasteiger partial charge in [0.25, 0.3) is 5.91 Å². The Morgan fingerprint density at radius 3 is 2.48 bits per heavy atom. The van der Waals surface area contributed by atoms with Crippen molar-refractivity contribution in [3.63, 3.8) is 0 Å². The van der Waals surface area contributed by atoms with Crippen LogP contribution in [-0.2, 0) is 28.9 Å². The monoisotopic (exact) mass is 388 g/mol. The van der Waals surface area contributed by atoms with Crippen molar-refractivity contribution in [1.29, 1.82) is 0 Å². The molecule has 2 N–H and O–H groups in total. The van der Waals surface area contributed by atoms with Crippen molar-refractivity contribution in [2.24, 2.45) is 17.8 Å². The van der Waals surface area contributed by atoms with Crippen LogP contribution in [0.5, 0.6) is 0 Å². The predicted molar refractivity (Wildman–Crippen MR) is 105 cm³/mol. The second-order valence-corrected chi connectivity index (χ2v) is 9.40. The molecule has 1 atom stereocenters. The van der Waals surface area contributed by atoms with Crippen LogP contribution in [0.25, 0.3) is 0 Å². The quantitative estimate of drug-likeness (QED) is 0.719. The molecule has 6 heteroatoms. The molecular weight excluding hydrogens is 360 g/mol. The predicted octanol–water partition coefficient (Wildman–Crippen LogP) is 2.65. The van der Waals surface area contributed by atoms with E-state index < -0.39 is 0 Å². The molecule has 2 saturated carbocycles. The molecule has 1 aromatic heterocycles. The summed E-state index contributed by atoms with van der Waals surface area (Å²) in [6.07, 6.45) is 6.99. The second kappa shape index (κ2) is 7.74.